The van der Waals surface area contributed by atoms with E-state index in [1.807, 2.05) is 0 Å². The summed E-state index contributed by atoms with van der Waals surface area (Å²) < 4.78 is 27.6. The van der Waals surface area contributed by atoms with Crippen LogP contribution in [0.25, 0.3) is 10.9 Å². The minimum Gasteiger partial charge on any atom is -0.338 e. The van der Waals surface area contributed by atoms with Crippen molar-refractivity contribution in [3.63, 3.8) is 0 Å². The molecule has 3 aromatic rings. The Balaban J connectivity index is 1.67. The summed E-state index contributed by atoms with van der Waals surface area (Å²) in [6, 6.07) is 11.7. The maximum absolute atomic E-state index is 14.0. The van der Waals surface area contributed by atoms with Gasteiger partial charge in [0.2, 0.25) is 5.56 Å². The van der Waals surface area contributed by atoms with Crippen molar-refractivity contribution >= 4 is 16.8 Å². The third kappa shape index (κ3) is 2.87. The number of pyridine rings is 1. The number of carbonyl (C=O) groups is 1. The van der Waals surface area contributed by atoms with Crippen LogP contribution in [0.4, 0.5) is 8.78 Å². The van der Waals surface area contributed by atoms with E-state index in [-0.39, 0.29) is 23.2 Å². The first-order chi connectivity index (χ1) is 12.5. The number of aromatic nitrogens is 1. The fourth-order valence-electron chi connectivity index (χ4n) is 3.58. The lowest BCUT2D eigenvalue weighted by molar-refractivity contribution is 0.0792. The molecule has 1 amide bonds. The van der Waals surface area contributed by atoms with E-state index in [9.17, 15) is 18.4 Å². The summed E-state index contributed by atoms with van der Waals surface area (Å²) >= 11 is 0. The molecule has 0 saturated carbocycles. The Labute approximate surface area is 148 Å². The van der Waals surface area contributed by atoms with Crippen LogP contribution in [-0.4, -0.2) is 28.9 Å². The van der Waals surface area contributed by atoms with E-state index in [1.165, 1.54) is 30.3 Å². The zero-order chi connectivity index (χ0) is 18.3. The summed E-state index contributed by atoms with van der Waals surface area (Å²) in [4.78, 5) is 29.0. The molecule has 1 aliphatic rings. The van der Waals surface area contributed by atoms with Gasteiger partial charge in [-0.3, -0.25) is 9.59 Å². The van der Waals surface area contributed by atoms with Gasteiger partial charge in [-0.15, -0.1) is 0 Å². The van der Waals surface area contributed by atoms with Crippen molar-refractivity contribution in [2.75, 3.05) is 13.1 Å². The summed E-state index contributed by atoms with van der Waals surface area (Å²) in [5, 5.41) is 0.365. The third-order valence-corrected chi connectivity index (χ3v) is 4.86. The monoisotopic (exact) mass is 354 g/mol. The Morgan fingerprint density at radius 3 is 2.73 bits per heavy atom. The fraction of sp³-hybridized carbons (Fsp3) is 0.200. The molecule has 26 heavy (non-hydrogen) atoms. The molecule has 0 unspecified atom stereocenters. The number of nitrogens with zero attached hydrogens (tertiary/aromatic N) is 1. The van der Waals surface area contributed by atoms with Gasteiger partial charge in [0.05, 0.1) is 5.56 Å². The van der Waals surface area contributed by atoms with Crippen molar-refractivity contribution in [1.29, 1.82) is 0 Å². The highest BCUT2D eigenvalue weighted by Crippen LogP contribution is 2.30. The first-order valence-corrected chi connectivity index (χ1v) is 8.39. The van der Waals surface area contributed by atoms with E-state index in [4.69, 9.17) is 0 Å². The summed E-state index contributed by atoms with van der Waals surface area (Å²) in [7, 11) is 0. The minimum atomic E-state index is -0.482. The summed E-state index contributed by atoms with van der Waals surface area (Å²) in [6.07, 6.45) is 0.641. The van der Waals surface area contributed by atoms with Gasteiger partial charge in [0.15, 0.2) is 0 Å². The van der Waals surface area contributed by atoms with Gasteiger partial charge >= 0.3 is 0 Å². The molecule has 1 aromatic heterocycles. The topological polar surface area (TPSA) is 53.2 Å². The number of H-pyrrole nitrogens is 1. The molecule has 1 aliphatic heterocycles. The van der Waals surface area contributed by atoms with Crippen molar-refractivity contribution in [2.24, 2.45) is 0 Å². The summed E-state index contributed by atoms with van der Waals surface area (Å²) in [6.45, 7) is 0.824. The van der Waals surface area contributed by atoms with Gasteiger partial charge in [0.1, 0.15) is 11.6 Å². The molecule has 0 radical (unpaired) electrons. The van der Waals surface area contributed by atoms with Gasteiger partial charge in [0, 0.05) is 36.0 Å². The lowest BCUT2D eigenvalue weighted by atomic mass is 9.98. The Morgan fingerprint density at radius 2 is 1.92 bits per heavy atom. The van der Waals surface area contributed by atoms with E-state index < -0.39 is 11.4 Å². The predicted octanol–water partition coefficient (Wildman–Crippen LogP) is 3.44. The first-order valence-electron chi connectivity index (χ1n) is 8.39. The molecule has 1 atom stereocenters. The van der Waals surface area contributed by atoms with Crippen LogP contribution in [0, 0.1) is 11.6 Å². The smallest absolute Gasteiger partial charge is 0.254 e. The Morgan fingerprint density at radius 1 is 1.12 bits per heavy atom. The highest BCUT2D eigenvalue weighted by atomic mass is 19.1. The molecule has 2 aromatic carbocycles. The molecule has 1 saturated heterocycles. The Bertz CT molecular complexity index is 1060. The molecule has 4 nitrogen and oxygen atoms in total. The van der Waals surface area contributed by atoms with Gasteiger partial charge < -0.3 is 9.88 Å². The van der Waals surface area contributed by atoms with Crippen molar-refractivity contribution < 1.29 is 13.6 Å². The van der Waals surface area contributed by atoms with Gasteiger partial charge in [-0.05, 0) is 36.2 Å². The fourth-order valence-corrected chi connectivity index (χ4v) is 3.58. The van der Waals surface area contributed by atoms with Gasteiger partial charge in [-0.2, -0.15) is 0 Å². The molecule has 6 heteroatoms. The molecule has 1 N–H and O–H groups in total. The zero-order valence-electron chi connectivity index (χ0n) is 13.8. The van der Waals surface area contributed by atoms with Crippen LogP contribution in [0.3, 0.4) is 0 Å². The predicted molar refractivity (Wildman–Crippen MR) is 94.2 cm³/mol. The van der Waals surface area contributed by atoms with Gasteiger partial charge in [0.25, 0.3) is 5.91 Å². The molecule has 0 bridgehead atoms. The highest BCUT2D eigenvalue weighted by molar-refractivity contribution is 6.06. The Kier molecular flexibility index (Phi) is 4.03. The number of benzene rings is 2. The number of halogens is 2. The lowest BCUT2D eigenvalue weighted by Gasteiger charge is -2.18. The molecule has 1 fully saturated rings. The second kappa shape index (κ2) is 6.37. The lowest BCUT2D eigenvalue weighted by Crippen LogP contribution is -2.29. The largest absolute Gasteiger partial charge is 0.338 e. The third-order valence-electron chi connectivity index (χ3n) is 4.86. The normalized spacial score (nSPS) is 17.0. The van der Waals surface area contributed by atoms with Crippen LogP contribution in [0.1, 0.15) is 28.3 Å². The van der Waals surface area contributed by atoms with Crippen LogP contribution in [0.15, 0.2) is 53.3 Å². The van der Waals surface area contributed by atoms with Crippen LogP contribution >= 0.6 is 0 Å². The average molecular weight is 354 g/mol. The molecular formula is C20H16F2N2O2. The van der Waals surface area contributed by atoms with Gasteiger partial charge in [-0.25, -0.2) is 8.78 Å². The molecule has 132 valence electrons. The standard InChI is InChI=1S/C20H16F2N2O2/c21-13-5-6-18-15(9-13)16(10-19(25)23-18)20(26)24-8-7-12(11-24)14-3-1-2-4-17(14)22/h1-6,9-10,12H,7-8,11H2,(H,23,25)/t12-/m0/s1. The van der Waals surface area contributed by atoms with Crippen LogP contribution in [-0.2, 0) is 0 Å². The van der Waals surface area contributed by atoms with Crippen LogP contribution in [0.2, 0.25) is 0 Å². The summed E-state index contributed by atoms with van der Waals surface area (Å²) in [5.74, 6) is -1.20. The number of carbonyl (C=O) groups excluding carboxylic acids is 1. The average Bonchev–Trinajstić information content (AvgIpc) is 3.11. The number of nitrogens with one attached hydrogen (secondary N) is 1. The van der Waals surface area contributed by atoms with Crippen molar-refractivity contribution in [2.45, 2.75) is 12.3 Å². The number of hydrogen-bond acceptors (Lipinski definition) is 2. The maximum Gasteiger partial charge on any atom is 0.254 e. The number of rotatable bonds is 2. The first kappa shape index (κ1) is 16.4. The van der Waals surface area contributed by atoms with E-state index in [1.54, 1.807) is 23.1 Å². The van der Waals surface area contributed by atoms with E-state index in [0.717, 1.165) is 0 Å². The van der Waals surface area contributed by atoms with Crippen molar-refractivity contribution in [1.82, 2.24) is 9.88 Å². The van der Waals surface area contributed by atoms with Crippen LogP contribution < -0.4 is 5.56 Å². The second-order valence-electron chi connectivity index (χ2n) is 6.50. The number of amides is 1. The van der Waals surface area contributed by atoms with Crippen molar-refractivity contribution in [3.8, 4) is 0 Å². The number of likely N-dealkylation sites (tertiary alicyclic amines) is 1. The molecule has 0 aliphatic carbocycles. The second-order valence-corrected chi connectivity index (χ2v) is 6.50. The molecule has 2 heterocycles. The zero-order valence-corrected chi connectivity index (χ0v) is 13.8. The van der Waals surface area contributed by atoms with Crippen molar-refractivity contribution in [3.05, 3.63) is 81.6 Å². The Hall–Kier alpha value is -3.02. The molecule has 0 spiro atoms. The SMILES string of the molecule is O=C(c1cc(=O)[nH]c2ccc(F)cc12)N1CC[C@H](c2ccccc2F)C1. The number of fused-ring (bicyclic) bond motifs is 1. The molecule has 4 rings (SSSR count). The number of aromatic amines is 1. The maximum atomic E-state index is 14.0. The van der Waals surface area contributed by atoms with E-state index in [2.05, 4.69) is 4.98 Å². The minimum absolute atomic E-state index is 0.0925. The molecular weight excluding hydrogens is 338 g/mol. The van der Waals surface area contributed by atoms with E-state index >= 15 is 0 Å². The highest BCUT2D eigenvalue weighted by Gasteiger charge is 2.30. The van der Waals surface area contributed by atoms with Crippen LogP contribution in [0.5, 0.6) is 0 Å². The quantitative estimate of drug-likeness (QED) is 0.767. The number of hydrogen-bond donors (Lipinski definition) is 1. The summed E-state index contributed by atoms with van der Waals surface area (Å²) in [5.41, 5.74) is 0.742. The van der Waals surface area contributed by atoms with Gasteiger partial charge in [-0.1, -0.05) is 18.2 Å². The van der Waals surface area contributed by atoms with E-state index in [0.29, 0.717) is 36.0 Å².